The topological polar surface area (TPSA) is 12.0 Å². The van der Waals surface area contributed by atoms with E-state index in [1.165, 1.54) is 24.6 Å². The molecule has 1 fully saturated rings. The summed E-state index contributed by atoms with van der Waals surface area (Å²) in [6.07, 6.45) is 0. The monoisotopic (exact) mass is 117 g/mol. The molecule has 1 nitrogen and oxygen atoms in total. The van der Waals surface area contributed by atoms with Crippen molar-refractivity contribution in [1.82, 2.24) is 5.32 Å². The van der Waals surface area contributed by atoms with Crippen LogP contribution in [0.2, 0.25) is 0 Å². The summed E-state index contributed by atoms with van der Waals surface area (Å²) in [7, 11) is 0.497. The second kappa shape index (κ2) is 2.48. The molecule has 0 aromatic rings. The lowest BCUT2D eigenvalue weighted by Gasteiger charge is -2.13. The normalized spacial score (nSPS) is 25.1. The average Bonchev–Trinajstić information content (AvgIpc) is 1.69. The van der Waals surface area contributed by atoms with Gasteiger partial charge in [-0.25, -0.2) is 0 Å². The summed E-state index contributed by atoms with van der Waals surface area (Å²) in [6.45, 7) is 2.37. The molecule has 0 aromatic carbocycles. The molecule has 0 atom stereocenters. The van der Waals surface area contributed by atoms with Gasteiger partial charge in [-0.1, -0.05) is 5.87 Å². The summed E-state index contributed by atoms with van der Waals surface area (Å²) in [4.78, 5) is 0. The molecule has 0 amide bonds. The maximum absolute atomic E-state index is 3.99. The van der Waals surface area contributed by atoms with Crippen molar-refractivity contribution < 1.29 is 0 Å². The first kappa shape index (κ1) is 5.32. The van der Waals surface area contributed by atoms with E-state index < -0.39 is 0 Å². The van der Waals surface area contributed by atoms with Crippen molar-refractivity contribution in [2.24, 2.45) is 0 Å². The fourth-order valence-electron chi connectivity index (χ4n) is 0.660. The van der Waals surface area contributed by atoms with Crippen molar-refractivity contribution in [2.45, 2.75) is 0 Å². The second-order valence-corrected chi connectivity index (χ2v) is 3.81. The molecule has 0 bridgehead atoms. The Bertz CT molecular complexity index is 72.1. The van der Waals surface area contributed by atoms with Crippen molar-refractivity contribution in [2.75, 3.05) is 24.6 Å². The van der Waals surface area contributed by atoms with Gasteiger partial charge in [0.05, 0.1) is 0 Å². The van der Waals surface area contributed by atoms with Gasteiger partial charge >= 0.3 is 0 Å². The molecule has 0 saturated carbocycles. The number of rotatable bonds is 0. The third-order valence-electron chi connectivity index (χ3n) is 1.14. The Morgan fingerprint density at radius 3 is 2.14 bits per heavy atom. The molecule has 1 heterocycles. The van der Waals surface area contributed by atoms with Crippen LogP contribution in [0.4, 0.5) is 0 Å². The Kier molecular flexibility index (Phi) is 1.88. The Morgan fingerprint density at radius 1 is 1.29 bits per heavy atom. The van der Waals surface area contributed by atoms with E-state index in [0.717, 1.165) is 0 Å². The molecular weight excluding hydrogens is 106 g/mol. The lowest BCUT2D eigenvalue weighted by molar-refractivity contribution is 0.756. The summed E-state index contributed by atoms with van der Waals surface area (Å²) in [6, 6.07) is 0. The molecule has 2 heteroatoms. The van der Waals surface area contributed by atoms with Gasteiger partial charge in [0.1, 0.15) is 0 Å². The van der Waals surface area contributed by atoms with Crippen molar-refractivity contribution >= 4 is 16.4 Å². The van der Waals surface area contributed by atoms with Crippen molar-refractivity contribution in [3.63, 3.8) is 0 Å². The van der Waals surface area contributed by atoms with Crippen LogP contribution in [0.25, 0.3) is 0 Å². The lowest BCUT2D eigenvalue weighted by atomic mass is 10.6. The Balaban J connectivity index is 2.25. The molecule has 0 radical (unpaired) electrons. The molecule has 0 spiro atoms. The third-order valence-corrected chi connectivity index (χ3v) is 2.70. The Morgan fingerprint density at radius 2 is 1.86 bits per heavy atom. The minimum Gasteiger partial charge on any atom is -0.315 e. The highest BCUT2D eigenvalue weighted by Gasteiger charge is 1.97. The van der Waals surface area contributed by atoms with Crippen LogP contribution in [-0.2, 0) is 0 Å². The molecule has 7 heavy (non-hydrogen) atoms. The highest BCUT2D eigenvalue weighted by atomic mass is 32.2. The summed E-state index contributed by atoms with van der Waals surface area (Å²) < 4.78 is 0. The average molecular weight is 117 g/mol. The van der Waals surface area contributed by atoms with E-state index in [9.17, 15) is 0 Å². The van der Waals surface area contributed by atoms with Crippen LogP contribution in [0.5, 0.6) is 0 Å². The second-order valence-electron chi connectivity index (χ2n) is 1.77. The van der Waals surface area contributed by atoms with Crippen LogP contribution < -0.4 is 5.32 Å². The van der Waals surface area contributed by atoms with E-state index in [0.29, 0.717) is 10.5 Å². The van der Waals surface area contributed by atoms with Crippen LogP contribution >= 0.6 is 10.5 Å². The zero-order chi connectivity index (χ0) is 5.11. The van der Waals surface area contributed by atoms with Crippen LogP contribution in [0.1, 0.15) is 0 Å². The van der Waals surface area contributed by atoms with Gasteiger partial charge in [0.25, 0.3) is 0 Å². The van der Waals surface area contributed by atoms with E-state index >= 15 is 0 Å². The van der Waals surface area contributed by atoms with Gasteiger partial charge in [0, 0.05) is 24.6 Å². The largest absolute Gasteiger partial charge is 0.315 e. The SMILES string of the molecule is C=S1CCNCC1. The smallest absolute Gasteiger partial charge is 0.00378 e. The summed E-state index contributed by atoms with van der Waals surface area (Å²) in [5.74, 6) is 6.57. The standard InChI is InChI=1S/C5H11NS/c1-7-4-2-6-3-5-7/h6H,1-5H2. The van der Waals surface area contributed by atoms with E-state index in [2.05, 4.69) is 11.2 Å². The first-order chi connectivity index (χ1) is 3.39. The predicted octanol–water partition coefficient (Wildman–Crippen LogP) is 0.291. The van der Waals surface area contributed by atoms with Gasteiger partial charge in [-0.15, -0.1) is 0 Å². The Hall–Kier alpha value is 0.180. The van der Waals surface area contributed by atoms with E-state index in [4.69, 9.17) is 0 Å². The van der Waals surface area contributed by atoms with Gasteiger partial charge < -0.3 is 5.32 Å². The third kappa shape index (κ3) is 1.61. The number of hydrogen-bond donors (Lipinski definition) is 1. The maximum atomic E-state index is 3.99. The van der Waals surface area contributed by atoms with Crippen LogP contribution in [0.3, 0.4) is 0 Å². The van der Waals surface area contributed by atoms with Crippen LogP contribution in [-0.4, -0.2) is 30.5 Å². The first-order valence-electron chi connectivity index (χ1n) is 2.57. The zero-order valence-electron chi connectivity index (χ0n) is 4.44. The van der Waals surface area contributed by atoms with Gasteiger partial charge in [0.2, 0.25) is 0 Å². The molecule has 0 aliphatic carbocycles. The number of hydrogen-bond acceptors (Lipinski definition) is 1. The van der Waals surface area contributed by atoms with Crippen molar-refractivity contribution in [3.8, 4) is 0 Å². The molecule has 1 N–H and O–H groups in total. The lowest BCUT2D eigenvalue weighted by Crippen LogP contribution is -2.26. The zero-order valence-corrected chi connectivity index (χ0v) is 5.26. The maximum Gasteiger partial charge on any atom is 0.00378 e. The van der Waals surface area contributed by atoms with Gasteiger partial charge in [-0.2, -0.15) is 10.5 Å². The highest BCUT2D eigenvalue weighted by Crippen LogP contribution is 2.08. The quantitative estimate of drug-likeness (QED) is 0.450. The highest BCUT2D eigenvalue weighted by molar-refractivity contribution is 8.14. The Labute approximate surface area is 47.0 Å². The summed E-state index contributed by atoms with van der Waals surface area (Å²) >= 11 is 0. The molecule has 42 valence electrons. The molecule has 0 unspecified atom stereocenters. The van der Waals surface area contributed by atoms with E-state index in [-0.39, 0.29) is 0 Å². The first-order valence-corrected chi connectivity index (χ1v) is 4.31. The fourth-order valence-corrected chi connectivity index (χ4v) is 1.73. The van der Waals surface area contributed by atoms with Gasteiger partial charge in [-0.3, -0.25) is 0 Å². The molecule has 1 saturated heterocycles. The summed E-state index contributed by atoms with van der Waals surface area (Å²) in [5, 5.41) is 3.28. The fraction of sp³-hybridized carbons (Fsp3) is 0.800. The predicted molar refractivity (Wildman–Crippen MR) is 37.3 cm³/mol. The van der Waals surface area contributed by atoms with E-state index in [1.807, 2.05) is 0 Å². The van der Waals surface area contributed by atoms with Crippen molar-refractivity contribution in [1.29, 1.82) is 0 Å². The molecule has 0 aromatic heterocycles. The summed E-state index contributed by atoms with van der Waals surface area (Å²) in [5.41, 5.74) is 0. The molecular formula is C5H11NS. The van der Waals surface area contributed by atoms with Gasteiger partial charge in [-0.05, 0) is 0 Å². The molecule has 1 rings (SSSR count). The molecule has 1 aliphatic heterocycles. The van der Waals surface area contributed by atoms with Crippen LogP contribution in [0.15, 0.2) is 0 Å². The minimum absolute atomic E-state index is 0.497. The van der Waals surface area contributed by atoms with E-state index in [1.54, 1.807) is 0 Å². The minimum atomic E-state index is 0.497. The molecule has 1 aliphatic rings. The van der Waals surface area contributed by atoms with Crippen molar-refractivity contribution in [3.05, 3.63) is 0 Å². The number of nitrogens with one attached hydrogen (secondary N) is 1. The van der Waals surface area contributed by atoms with Crippen LogP contribution in [0, 0.1) is 0 Å². The van der Waals surface area contributed by atoms with Gasteiger partial charge in [0.15, 0.2) is 0 Å².